The molecule has 0 aromatic heterocycles. The van der Waals surface area contributed by atoms with E-state index in [1.54, 1.807) is 6.07 Å². The van der Waals surface area contributed by atoms with E-state index >= 15 is 0 Å². The van der Waals surface area contributed by atoms with Gasteiger partial charge in [0.25, 0.3) is 0 Å². The van der Waals surface area contributed by atoms with Crippen LogP contribution in [0, 0.1) is 6.07 Å². The van der Waals surface area contributed by atoms with Gasteiger partial charge >= 0.3 is 6.18 Å². The number of likely N-dealkylation sites (tertiary alicyclic amines) is 1. The predicted molar refractivity (Wildman–Crippen MR) is 69.0 cm³/mol. The Bertz CT molecular complexity index is 406. The maximum atomic E-state index is 12.7. The molecule has 1 heterocycles. The summed E-state index contributed by atoms with van der Waals surface area (Å²) in [5.41, 5.74) is 0.156. The molecule has 1 aliphatic heterocycles. The van der Waals surface area contributed by atoms with Crippen LogP contribution < -0.4 is 0 Å². The van der Waals surface area contributed by atoms with Gasteiger partial charge in [-0.05, 0) is 62.5 Å². The summed E-state index contributed by atoms with van der Waals surface area (Å²) in [5.74, 6) is 0.254. The monoisotopic (exact) mass is 270 g/mol. The fourth-order valence-electron chi connectivity index (χ4n) is 2.71. The number of alkyl halides is 3. The number of benzene rings is 1. The van der Waals surface area contributed by atoms with E-state index in [4.69, 9.17) is 0 Å². The van der Waals surface area contributed by atoms with Crippen molar-refractivity contribution in [2.45, 2.75) is 38.3 Å². The fraction of sp³-hybridized carbons (Fsp3) is 0.600. The first-order valence-corrected chi connectivity index (χ1v) is 6.82. The van der Waals surface area contributed by atoms with Crippen molar-refractivity contribution in [2.24, 2.45) is 0 Å². The van der Waals surface area contributed by atoms with E-state index in [-0.39, 0.29) is 5.92 Å². The highest BCUT2D eigenvalue weighted by Crippen LogP contribution is 2.33. The van der Waals surface area contributed by atoms with Gasteiger partial charge < -0.3 is 4.90 Å². The van der Waals surface area contributed by atoms with Crippen LogP contribution >= 0.6 is 0 Å². The first kappa shape index (κ1) is 14.4. The average molecular weight is 270 g/mol. The maximum absolute atomic E-state index is 12.7. The molecule has 0 amide bonds. The van der Waals surface area contributed by atoms with Crippen LogP contribution in [0.3, 0.4) is 0 Å². The molecule has 1 fully saturated rings. The van der Waals surface area contributed by atoms with Crippen molar-refractivity contribution in [1.82, 2.24) is 4.90 Å². The molecule has 0 atom stereocenters. The zero-order chi connectivity index (χ0) is 13.9. The summed E-state index contributed by atoms with van der Waals surface area (Å²) in [6.07, 6.45) is -1.27. The molecule has 105 valence electrons. The number of piperidine rings is 1. The molecule has 0 bridgehead atoms. The molecule has 1 aliphatic rings. The van der Waals surface area contributed by atoms with Gasteiger partial charge in [-0.2, -0.15) is 13.2 Å². The van der Waals surface area contributed by atoms with E-state index in [0.29, 0.717) is 0 Å². The van der Waals surface area contributed by atoms with Crippen LogP contribution in [0.4, 0.5) is 13.2 Å². The molecule has 2 rings (SSSR count). The lowest BCUT2D eigenvalue weighted by atomic mass is 9.88. The van der Waals surface area contributed by atoms with Crippen LogP contribution in [0.1, 0.15) is 43.2 Å². The first-order valence-electron chi connectivity index (χ1n) is 6.82. The largest absolute Gasteiger partial charge is 0.417 e. The summed E-state index contributed by atoms with van der Waals surface area (Å²) in [7, 11) is 0. The van der Waals surface area contributed by atoms with Crippen LogP contribution in [0.5, 0.6) is 0 Å². The summed E-state index contributed by atoms with van der Waals surface area (Å²) in [5, 5.41) is 0. The van der Waals surface area contributed by atoms with Gasteiger partial charge in [0.2, 0.25) is 0 Å². The van der Waals surface area contributed by atoms with Gasteiger partial charge in [-0.15, -0.1) is 0 Å². The van der Waals surface area contributed by atoms with Crippen molar-refractivity contribution in [2.75, 3.05) is 19.6 Å². The molecule has 1 aromatic carbocycles. The van der Waals surface area contributed by atoms with E-state index in [0.717, 1.165) is 44.5 Å². The molecule has 4 heteroatoms. The highest BCUT2D eigenvalue weighted by molar-refractivity contribution is 5.27. The molecular formula is C15H19F3N. The first-order chi connectivity index (χ1) is 9.00. The molecule has 0 N–H and O–H groups in total. The van der Waals surface area contributed by atoms with Crippen LogP contribution in [-0.4, -0.2) is 24.5 Å². The van der Waals surface area contributed by atoms with Crippen molar-refractivity contribution >= 4 is 0 Å². The quantitative estimate of drug-likeness (QED) is 0.799. The summed E-state index contributed by atoms with van der Waals surface area (Å²) >= 11 is 0. The third kappa shape index (κ3) is 3.72. The minimum absolute atomic E-state index is 0.254. The lowest BCUT2D eigenvalue weighted by molar-refractivity contribution is -0.137. The normalized spacial score (nSPS) is 18.7. The molecule has 1 nitrogen and oxygen atoms in total. The van der Waals surface area contributed by atoms with E-state index in [1.165, 1.54) is 12.1 Å². The Morgan fingerprint density at radius 2 is 2.00 bits per heavy atom. The summed E-state index contributed by atoms with van der Waals surface area (Å²) in [6.45, 7) is 5.20. The molecule has 19 heavy (non-hydrogen) atoms. The highest BCUT2D eigenvalue weighted by atomic mass is 19.4. The topological polar surface area (TPSA) is 3.24 Å². The number of hydrogen-bond donors (Lipinski definition) is 0. The molecule has 1 radical (unpaired) electrons. The second kappa shape index (κ2) is 5.95. The molecule has 0 aliphatic carbocycles. The number of halogens is 3. The Morgan fingerprint density at radius 3 is 2.58 bits per heavy atom. The van der Waals surface area contributed by atoms with E-state index in [2.05, 4.69) is 17.9 Å². The lowest BCUT2D eigenvalue weighted by Crippen LogP contribution is -2.33. The molecule has 0 unspecified atom stereocenters. The van der Waals surface area contributed by atoms with Gasteiger partial charge in [-0.1, -0.05) is 19.1 Å². The van der Waals surface area contributed by atoms with Crippen molar-refractivity contribution in [1.29, 1.82) is 0 Å². The summed E-state index contributed by atoms with van der Waals surface area (Å²) in [6, 6.07) is 6.72. The number of nitrogens with zero attached hydrogens (tertiary/aromatic N) is 1. The van der Waals surface area contributed by atoms with Gasteiger partial charge in [0.1, 0.15) is 0 Å². The van der Waals surface area contributed by atoms with E-state index in [1.807, 2.05) is 0 Å². The number of hydrogen-bond acceptors (Lipinski definition) is 1. The molecule has 0 spiro atoms. The third-order valence-electron chi connectivity index (χ3n) is 3.73. The minimum atomic E-state index is -4.29. The van der Waals surface area contributed by atoms with E-state index in [9.17, 15) is 13.2 Å². The van der Waals surface area contributed by atoms with Crippen LogP contribution in [0.25, 0.3) is 0 Å². The van der Waals surface area contributed by atoms with Gasteiger partial charge in [0.15, 0.2) is 0 Å². The molecule has 1 aromatic rings. The summed E-state index contributed by atoms with van der Waals surface area (Å²) in [4.78, 5) is 2.39. The lowest BCUT2D eigenvalue weighted by Gasteiger charge is -2.32. The van der Waals surface area contributed by atoms with Gasteiger partial charge in [0.05, 0.1) is 5.56 Å². The standard InChI is InChI=1S/C15H19F3N/c1-2-8-19-9-6-12(7-10-19)13-4-3-5-14(11-13)15(16,17)18/h3-4,11-12H,2,6-10H2,1H3. The van der Waals surface area contributed by atoms with Crippen molar-refractivity contribution in [3.05, 3.63) is 35.4 Å². The Morgan fingerprint density at radius 1 is 1.32 bits per heavy atom. The van der Waals surface area contributed by atoms with Crippen LogP contribution in [0.2, 0.25) is 0 Å². The zero-order valence-electron chi connectivity index (χ0n) is 11.1. The summed E-state index contributed by atoms with van der Waals surface area (Å²) < 4.78 is 38.0. The van der Waals surface area contributed by atoms with Gasteiger partial charge in [-0.25, -0.2) is 0 Å². The smallest absolute Gasteiger partial charge is 0.303 e. The Balaban J connectivity index is 2.03. The Hall–Kier alpha value is -1.03. The van der Waals surface area contributed by atoms with Crippen LogP contribution in [-0.2, 0) is 6.18 Å². The van der Waals surface area contributed by atoms with E-state index < -0.39 is 11.7 Å². The minimum Gasteiger partial charge on any atom is -0.303 e. The molecule has 0 saturated carbocycles. The fourth-order valence-corrected chi connectivity index (χ4v) is 2.71. The molecular weight excluding hydrogens is 251 g/mol. The van der Waals surface area contributed by atoms with Gasteiger partial charge in [0, 0.05) is 0 Å². The predicted octanol–water partition coefficient (Wildman–Crippen LogP) is 4.09. The van der Waals surface area contributed by atoms with Crippen LogP contribution in [0.15, 0.2) is 18.2 Å². The maximum Gasteiger partial charge on any atom is 0.417 e. The second-order valence-electron chi connectivity index (χ2n) is 5.15. The average Bonchev–Trinajstić information content (AvgIpc) is 2.39. The SMILES string of the molecule is CCCN1CCC(c2cc[c]c(C(F)(F)F)c2)CC1. The third-order valence-corrected chi connectivity index (χ3v) is 3.73. The second-order valence-corrected chi connectivity index (χ2v) is 5.15. The van der Waals surface area contributed by atoms with Gasteiger partial charge in [-0.3, -0.25) is 0 Å². The number of rotatable bonds is 3. The zero-order valence-corrected chi connectivity index (χ0v) is 11.1. The van der Waals surface area contributed by atoms with Crippen molar-refractivity contribution in [3.63, 3.8) is 0 Å². The molecule has 1 saturated heterocycles. The van der Waals surface area contributed by atoms with Crippen molar-refractivity contribution in [3.8, 4) is 0 Å². The Kier molecular flexibility index (Phi) is 4.50. The highest BCUT2D eigenvalue weighted by Gasteiger charge is 2.31. The van der Waals surface area contributed by atoms with Crippen molar-refractivity contribution < 1.29 is 13.2 Å². The Labute approximate surface area is 112 Å².